The van der Waals surface area contributed by atoms with Crippen molar-refractivity contribution in [3.63, 3.8) is 0 Å². The van der Waals surface area contributed by atoms with Crippen molar-refractivity contribution in [3.8, 4) is 5.75 Å². The second kappa shape index (κ2) is 8.92. The molecule has 2 fully saturated rings. The third kappa shape index (κ3) is 4.95. The van der Waals surface area contributed by atoms with Crippen LogP contribution in [0.2, 0.25) is 0 Å². The maximum absolute atomic E-state index is 12.0. The van der Waals surface area contributed by atoms with E-state index in [0.717, 1.165) is 50.7 Å². The summed E-state index contributed by atoms with van der Waals surface area (Å²) in [6.45, 7) is 0.421. The van der Waals surface area contributed by atoms with Crippen molar-refractivity contribution in [1.29, 1.82) is 0 Å². The molecule has 4 aliphatic rings. The number of para-hydroxylation sites is 1. The zero-order valence-electron chi connectivity index (χ0n) is 17.1. The van der Waals surface area contributed by atoms with Gasteiger partial charge in [0.05, 0.1) is 25.6 Å². The Morgan fingerprint density at radius 1 is 1.07 bits per heavy atom. The summed E-state index contributed by atoms with van der Waals surface area (Å²) in [5.41, 5.74) is 1.23. The van der Waals surface area contributed by atoms with Gasteiger partial charge in [-0.1, -0.05) is 24.6 Å². The summed E-state index contributed by atoms with van der Waals surface area (Å²) in [6, 6.07) is 8.01. The van der Waals surface area contributed by atoms with E-state index >= 15 is 0 Å². The molecule has 2 bridgehead atoms. The van der Waals surface area contributed by atoms with Gasteiger partial charge >= 0.3 is 0 Å². The van der Waals surface area contributed by atoms with Gasteiger partial charge in [-0.15, -0.1) is 0 Å². The van der Waals surface area contributed by atoms with Crippen LogP contribution in [0.15, 0.2) is 24.3 Å². The van der Waals surface area contributed by atoms with Crippen LogP contribution in [0, 0.1) is 11.8 Å². The molecule has 7 heteroatoms. The first kappa shape index (κ1) is 21.1. The van der Waals surface area contributed by atoms with Gasteiger partial charge < -0.3 is 14.6 Å². The van der Waals surface area contributed by atoms with Crippen molar-refractivity contribution >= 4 is 10.0 Å². The molecule has 0 amide bonds. The fraction of sp³-hybridized carbons (Fsp3) is 0.727. The summed E-state index contributed by atoms with van der Waals surface area (Å²) in [5, 5.41) is 10.2. The fourth-order valence-electron chi connectivity index (χ4n) is 5.56. The Balaban J connectivity index is 1.68. The number of sulfonamides is 1. The van der Waals surface area contributed by atoms with Crippen LogP contribution in [0.25, 0.3) is 0 Å². The van der Waals surface area contributed by atoms with Crippen LogP contribution in [-0.2, 0) is 14.8 Å². The van der Waals surface area contributed by atoms with Crippen molar-refractivity contribution in [2.75, 3.05) is 19.5 Å². The van der Waals surface area contributed by atoms with E-state index in [9.17, 15) is 13.5 Å². The first-order valence-corrected chi connectivity index (χ1v) is 12.8. The molecule has 1 aromatic carbocycles. The van der Waals surface area contributed by atoms with Crippen molar-refractivity contribution in [2.24, 2.45) is 11.8 Å². The highest BCUT2D eigenvalue weighted by Crippen LogP contribution is 2.42. The molecule has 0 aromatic heterocycles. The molecule has 6 nitrogen and oxygen atoms in total. The summed E-state index contributed by atoms with van der Waals surface area (Å²) in [4.78, 5) is 0. The summed E-state index contributed by atoms with van der Waals surface area (Å²) in [6.07, 6.45) is 7.83. The highest BCUT2D eigenvalue weighted by atomic mass is 32.2. The number of hydrogen-bond acceptors (Lipinski definition) is 5. The van der Waals surface area contributed by atoms with Gasteiger partial charge in [-0.05, 0) is 56.1 Å². The van der Waals surface area contributed by atoms with Gasteiger partial charge in [-0.25, -0.2) is 13.1 Å². The van der Waals surface area contributed by atoms with Crippen LogP contribution in [-0.4, -0.2) is 51.2 Å². The molecular formula is C22H33NO5S. The number of fused-ring (bicyclic) bond motifs is 4. The molecule has 5 rings (SSSR count). The number of hydrogen-bond donors (Lipinski definition) is 2. The Labute approximate surface area is 174 Å². The largest absolute Gasteiger partial charge is 0.487 e. The smallest absolute Gasteiger partial charge is 0.208 e. The maximum atomic E-state index is 12.0. The third-order valence-corrected chi connectivity index (χ3v) is 7.71. The first-order valence-electron chi connectivity index (χ1n) is 10.9. The van der Waals surface area contributed by atoms with Crippen molar-refractivity contribution in [1.82, 2.24) is 4.72 Å². The van der Waals surface area contributed by atoms with Crippen LogP contribution in [0.3, 0.4) is 0 Å². The van der Waals surface area contributed by atoms with E-state index < -0.39 is 10.0 Å². The average Bonchev–Trinajstić information content (AvgIpc) is 2.69. The molecule has 2 heterocycles. The number of rotatable bonds is 3. The summed E-state index contributed by atoms with van der Waals surface area (Å²) < 4.78 is 39.5. The van der Waals surface area contributed by atoms with E-state index in [2.05, 4.69) is 16.9 Å². The van der Waals surface area contributed by atoms with E-state index in [1.54, 1.807) is 0 Å². The summed E-state index contributed by atoms with van der Waals surface area (Å²) in [7, 11) is -3.32. The van der Waals surface area contributed by atoms with Crippen LogP contribution >= 0.6 is 0 Å². The standard InChI is InChI=1S/C22H33NO5S/c1-29(25,26)23-20-7-4-6-18-19(20)14-27-16-11-9-15(10-12-16)17-5-2-3-8-21(17)28-22(18)13-24/h2-3,5,8,15-16,18-20,22-24H,4,6-7,9-14H2,1H3/t15?,16?,18?,19-,20+,22-/m1/s1. The van der Waals surface area contributed by atoms with Crippen LogP contribution < -0.4 is 9.46 Å². The molecule has 2 saturated carbocycles. The lowest BCUT2D eigenvalue weighted by Crippen LogP contribution is -2.51. The Hall–Kier alpha value is -1.15. The SMILES string of the molecule is CS(=O)(=O)N[C@H]1CCCC2[C@H]1COC1CCC(CC1)c1ccccc1O[C@@H]2CO. The Morgan fingerprint density at radius 3 is 2.55 bits per heavy atom. The summed E-state index contributed by atoms with van der Waals surface area (Å²) in [5.74, 6) is 1.36. The number of ether oxygens (including phenoxy) is 2. The Bertz CT molecular complexity index is 790. The average molecular weight is 424 g/mol. The predicted molar refractivity (Wildman–Crippen MR) is 111 cm³/mol. The quantitative estimate of drug-likeness (QED) is 0.781. The topological polar surface area (TPSA) is 84.9 Å². The minimum atomic E-state index is -3.32. The zero-order chi connectivity index (χ0) is 20.4. The number of aliphatic hydroxyl groups is 1. The fourth-order valence-corrected chi connectivity index (χ4v) is 6.40. The molecule has 1 unspecified atom stereocenters. The van der Waals surface area contributed by atoms with Crippen molar-refractivity contribution in [3.05, 3.63) is 29.8 Å². The molecule has 0 radical (unpaired) electrons. The highest BCUT2D eigenvalue weighted by molar-refractivity contribution is 7.88. The van der Waals surface area contributed by atoms with E-state index in [1.807, 2.05) is 12.1 Å². The minimum absolute atomic E-state index is 0.0139. The molecule has 0 saturated heterocycles. The summed E-state index contributed by atoms with van der Waals surface area (Å²) >= 11 is 0. The Morgan fingerprint density at radius 2 is 1.83 bits per heavy atom. The van der Waals surface area contributed by atoms with Crippen LogP contribution in [0.1, 0.15) is 56.4 Å². The lowest BCUT2D eigenvalue weighted by molar-refractivity contribution is -0.0540. The minimum Gasteiger partial charge on any atom is -0.487 e. The van der Waals surface area contributed by atoms with E-state index in [0.29, 0.717) is 12.5 Å². The van der Waals surface area contributed by atoms with E-state index in [-0.39, 0.29) is 36.7 Å². The number of benzene rings is 1. The lowest BCUT2D eigenvalue weighted by Gasteiger charge is -2.43. The first-order chi connectivity index (χ1) is 13.9. The molecule has 1 aromatic rings. The Kier molecular flexibility index (Phi) is 6.49. The molecule has 2 aliphatic heterocycles. The highest BCUT2D eigenvalue weighted by Gasteiger charge is 2.41. The van der Waals surface area contributed by atoms with Gasteiger partial charge in [0.15, 0.2) is 0 Å². The number of aliphatic hydroxyl groups excluding tert-OH is 1. The van der Waals surface area contributed by atoms with Gasteiger partial charge in [-0.2, -0.15) is 0 Å². The van der Waals surface area contributed by atoms with Gasteiger partial charge in [0, 0.05) is 17.9 Å². The molecule has 162 valence electrons. The van der Waals surface area contributed by atoms with Gasteiger partial charge in [0.2, 0.25) is 10.0 Å². The molecule has 2 N–H and O–H groups in total. The second-order valence-electron chi connectivity index (χ2n) is 8.94. The molecule has 2 aliphatic carbocycles. The normalized spacial score (nSPS) is 35.5. The van der Waals surface area contributed by atoms with E-state index in [4.69, 9.17) is 9.47 Å². The van der Waals surface area contributed by atoms with Gasteiger partial charge in [-0.3, -0.25) is 0 Å². The van der Waals surface area contributed by atoms with Crippen LogP contribution in [0.4, 0.5) is 0 Å². The second-order valence-corrected chi connectivity index (χ2v) is 10.7. The zero-order valence-corrected chi connectivity index (χ0v) is 17.9. The monoisotopic (exact) mass is 423 g/mol. The van der Waals surface area contributed by atoms with Crippen molar-refractivity contribution in [2.45, 2.75) is 69.1 Å². The van der Waals surface area contributed by atoms with E-state index in [1.165, 1.54) is 11.8 Å². The molecule has 29 heavy (non-hydrogen) atoms. The maximum Gasteiger partial charge on any atom is 0.208 e. The van der Waals surface area contributed by atoms with Crippen molar-refractivity contribution < 1.29 is 23.0 Å². The van der Waals surface area contributed by atoms with Gasteiger partial charge in [0.1, 0.15) is 11.9 Å². The van der Waals surface area contributed by atoms with Gasteiger partial charge in [0.25, 0.3) is 0 Å². The molecule has 4 atom stereocenters. The third-order valence-electron chi connectivity index (χ3n) is 6.98. The predicted octanol–water partition coefficient (Wildman–Crippen LogP) is 2.82. The number of nitrogens with one attached hydrogen (secondary N) is 1. The van der Waals surface area contributed by atoms with Crippen LogP contribution in [0.5, 0.6) is 5.75 Å². The lowest BCUT2D eigenvalue weighted by atomic mass is 9.73. The molecular weight excluding hydrogens is 390 g/mol. The molecule has 0 spiro atoms.